The number of tetrazole rings is 1. The summed E-state index contributed by atoms with van der Waals surface area (Å²) in [7, 11) is 0. The molecular formula is C13H15Cl2N5. The average Bonchev–Trinajstić information content (AvgIpc) is 2.98. The van der Waals surface area contributed by atoms with Crippen LogP contribution in [0, 0.1) is 5.92 Å². The topological polar surface area (TPSA) is 55.6 Å². The van der Waals surface area contributed by atoms with Crippen molar-refractivity contribution in [3.05, 3.63) is 40.1 Å². The summed E-state index contributed by atoms with van der Waals surface area (Å²) in [5.41, 5.74) is 1.06. The molecule has 2 aromatic rings. The Morgan fingerprint density at radius 3 is 2.85 bits per heavy atom. The number of hydrogen-bond acceptors (Lipinski definition) is 4. The zero-order chi connectivity index (χ0) is 13.9. The highest BCUT2D eigenvalue weighted by Gasteiger charge is 2.28. The third kappa shape index (κ3) is 2.80. The van der Waals surface area contributed by atoms with E-state index in [1.54, 1.807) is 4.80 Å². The molecule has 1 aromatic heterocycles. The van der Waals surface area contributed by atoms with Gasteiger partial charge in [-0.3, -0.25) is 0 Å². The Balaban J connectivity index is 1.98. The first-order valence-corrected chi connectivity index (χ1v) is 7.39. The van der Waals surface area contributed by atoms with Gasteiger partial charge >= 0.3 is 0 Å². The van der Waals surface area contributed by atoms with Crippen LogP contribution in [0.2, 0.25) is 10.0 Å². The molecule has 3 rings (SSSR count). The van der Waals surface area contributed by atoms with Crippen molar-refractivity contribution in [1.82, 2.24) is 25.5 Å². The summed E-state index contributed by atoms with van der Waals surface area (Å²) >= 11 is 12.1. The Kier molecular flexibility index (Phi) is 4.19. The summed E-state index contributed by atoms with van der Waals surface area (Å²) in [5.74, 6) is 0.412. The summed E-state index contributed by atoms with van der Waals surface area (Å²) in [6.07, 6.45) is 3.73. The van der Waals surface area contributed by atoms with Gasteiger partial charge in [0.1, 0.15) is 6.04 Å². The molecular weight excluding hydrogens is 297 g/mol. The van der Waals surface area contributed by atoms with Crippen LogP contribution < -0.4 is 5.32 Å². The van der Waals surface area contributed by atoms with Crippen LogP contribution in [0.5, 0.6) is 0 Å². The smallest absolute Gasteiger partial charge is 0.162 e. The molecule has 1 fully saturated rings. The second-order valence-corrected chi connectivity index (χ2v) is 5.80. The first-order valence-electron chi connectivity index (χ1n) is 6.64. The SMILES string of the molecule is Clc1ccc([C@@H](C2CCCNC2)n2ncnn2)cc1Cl. The molecule has 2 atom stereocenters. The van der Waals surface area contributed by atoms with Crippen LogP contribution in [0.25, 0.3) is 0 Å². The van der Waals surface area contributed by atoms with E-state index in [4.69, 9.17) is 23.2 Å². The van der Waals surface area contributed by atoms with Gasteiger partial charge in [-0.05, 0) is 48.2 Å². The van der Waals surface area contributed by atoms with Gasteiger partial charge in [0, 0.05) is 6.54 Å². The number of nitrogens with zero attached hydrogens (tertiary/aromatic N) is 4. The first kappa shape index (κ1) is 13.8. The predicted octanol–water partition coefficient (Wildman–Crippen LogP) is 2.57. The fraction of sp³-hybridized carbons (Fsp3) is 0.462. The van der Waals surface area contributed by atoms with Crippen molar-refractivity contribution in [2.45, 2.75) is 18.9 Å². The lowest BCUT2D eigenvalue weighted by atomic mass is 9.87. The lowest BCUT2D eigenvalue weighted by Gasteiger charge is -2.30. The number of piperidine rings is 1. The molecule has 2 heterocycles. The average molecular weight is 312 g/mol. The van der Waals surface area contributed by atoms with Gasteiger partial charge < -0.3 is 5.32 Å². The van der Waals surface area contributed by atoms with E-state index < -0.39 is 0 Å². The van der Waals surface area contributed by atoms with Crippen LogP contribution >= 0.6 is 23.2 Å². The van der Waals surface area contributed by atoms with Gasteiger partial charge in [0.25, 0.3) is 0 Å². The van der Waals surface area contributed by atoms with E-state index in [1.165, 1.54) is 6.33 Å². The summed E-state index contributed by atoms with van der Waals surface area (Å²) in [6.45, 7) is 2.00. The maximum atomic E-state index is 6.14. The van der Waals surface area contributed by atoms with Gasteiger partial charge in [0.15, 0.2) is 6.33 Å². The van der Waals surface area contributed by atoms with Crippen LogP contribution in [0.3, 0.4) is 0 Å². The van der Waals surface area contributed by atoms with Crippen LogP contribution in [0.4, 0.5) is 0 Å². The van der Waals surface area contributed by atoms with E-state index in [0.717, 1.165) is 31.5 Å². The molecule has 0 saturated carbocycles. The fourth-order valence-corrected chi connectivity index (χ4v) is 3.05. The minimum Gasteiger partial charge on any atom is -0.316 e. The van der Waals surface area contributed by atoms with Crippen molar-refractivity contribution in [2.24, 2.45) is 5.92 Å². The Morgan fingerprint density at radius 2 is 2.20 bits per heavy atom. The van der Waals surface area contributed by atoms with E-state index in [1.807, 2.05) is 18.2 Å². The molecule has 1 aromatic carbocycles. The quantitative estimate of drug-likeness (QED) is 0.946. The highest BCUT2D eigenvalue weighted by molar-refractivity contribution is 6.42. The maximum Gasteiger partial charge on any atom is 0.162 e. The Bertz CT molecular complexity index is 566. The predicted molar refractivity (Wildman–Crippen MR) is 78.0 cm³/mol. The third-order valence-corrected chi connectivity index (χ3v) is 4.42. The van der Waals surface area contributed by atoms with Crippen molar-refractivity contribution in [2.75, 3.05) is 13.1 Å². The van der Waals surface area contributed by atoms with Crippen molar-refractivity contribution >= 4 is 23.2 Å². The Morgan fingerprint density at radius 1 is 1.30 bits per heavy atom. The second kappa shape index (κ2) is 6.08. The molecule has 0 radical (unpaired) electrons. The molecule has 0 spiro atoms. The molecule has 1 aliphatic heterocycles. The van der Waals surface area contributed by atoms with E-state index in [-0.39, 0.29) is 6.04 Å². The van der Waals surface area contributed by atoms with Crippen LogP contribution in [0.15, 0.2) is 24.5 Å². The van der Waals surface area contributed by atoms with E-state index >= 15 is 0 Å². The number of nitrogens with one attached hydrogen (secondary N) is 1. The molecule has 7 heteroatoms. The van der Waals surface area contributed by atoms with Crippen molar-refractivity contribution in [3.8, 4) is 0 Å². The molecule has 0 aliphatic carbocycles. The summed E-state index contributed by atoms with van der Waals surface area (Å²) < 4.78 is 0. The molecule has 0 bridgehead atoms. The molecule has 1 saturated heterocycles. The van der Waals surface area contributed by atoms with Crippen molar-refractivity contribution in [1.29, 1.82) is 0 Å². The minimum atomic E-state index is 0.0278. The summed E-state index contributed by atoms with van der Waals surface area (Å²) in [5, 5.41) is 16.6. The molecule has 1 N–H and O–H groups in total. The number of aromatic nitrogens is 4. The lowest BCUT2D eigenvalue weighted by molar-refractivity contribution is 0.261. The van der Waals surface area contributed by atoms with Crippen molar-refractivity contribution < 1.29 is 0 Å². The van der Waals surface area contributed by atoms with Crippen LogP contribution in [-0.4, -0.2) is 33.3 Å². The monoisotopic (exact) mass is 311 g/mol. The standard InChI is InChI=1S/C13H15Cl2N5/c14-11-4-3-9(6-12(11)15)13(20-18-8-17-19-20)10-2-1-5-16-7-10/h3-4,6,8,10,13,16H,1-2,5,7H2/t10?,13-/m0/s1. The van der Waals surface area contributed by atoms with Gasteiger partial charge in [-0.1, -0.05) is 29.3 Å². The Labute approximate surface area is 127 Å². The first-order chi connectivity index (χ1) is 9.75. The molecule has 106 valence electrons. The van der Waals surface area contributed by atoms with E-state index in [9.17, 15) is 0 Å². The van der Waals surface area contributed by atoms with Crippen LogP contribution in [-0.2, 0) is 0 Å². The van der Waals surface area contributed by atoms with Gasteiger partial charge in [-0.2, -0.15) is 4.80 Å². The Hall–Kier alpha value is -1.17. The molecule has 5 nitrogen and oxygen atoms in total. The number of hydrogen-bond donors (Lipinski definition) is 1. The number of rotatable bonds is 3. The van der Waals surface area contributed by atoms with E-state index in [0.29, 0.717) is 16.0 Å². The van der Waals surface area contributed by atoms with E-state index in [2.05, 4.69) is 20.7 Å². The van der Waals surface area contributed by atoms with Crippen molar-refractivity contribution in [3.63, 3.8) is 0 Å². The lowest BCUT2D eigenvalue weighted by Crippen LogP contribution is -2.36. The third-order valence-electron chi connectivity index (χ3n) is 3.68. The number of benzene rings is 1. The zero-order valence-corrected chi connectivity index (χ0v) is 12.3. The minimum absolute atomic E-state index is 0.0278. The van der Waals surface area contributed by atoms with Crippen LogP contribution in [0.1, 0.15) is 24.4 Å². The molecule has 20 heavy (non-hydrogen) atoms. The molecule has 1 aliphatic rings. The second-order valence-electron chi connectivity index (χ2n) is 4.98. The summed E-state index contributed by atoms with van der Waals surface area (Å²) in [6, 6.07) is 5.73. The molecule has 1 unspecified atom stereocenters. The fourth-order valence-electron chi connectivity index (χ4n) is 2.74. The highest BCUT2D eigenvalue weighted by Crippen LogP contribution is 2.33. The van der Waals surface area contributed by atoms with Gasteiger partial charge in [-0.25, -0.2) is 0 Å². The largest absolute Gasteiger partial charge is 0.316 e. The zero-order valence-electron chi connectivity index (χ0n) is 10.8. The van der Waals surface area contributed by atoms with Gasteiger partial charge in [0.05, 0.1) is 10.0 Å². The maximum absolute atomic E-state index is 6.14. The van der Waals surface area contributed by atoms with Gasteiger partial charge in [-0.15, -0.1) is 10.2 Å². The summed E-state index contributed by atoms with van der Waals surface area (Å²) in [4.78, 5) is 1.66. The van der Waals surface area contributed by atoms with Gasteiger partial charge in [0.2, 0.25) is 0 Å². The highest BCUT2D eigenvalue weighted by atomic mass is 35.5. The number of halogens is 2. The molecule has 0 amide bonds. The normalized spacial score (nSPS) is 20.8.